The highest BCUT2D eigenvalue weighted by Crippen LogP contribution is 2.42. The Labute approximate surface area is 200 Å². The number of aliphatic imine (C=N–C) groups is 1. The van der Waals surface area contributed by atoms with Gasteiger partial charge in [-0.1, -0.05) is 18.2 Å². The molecule has 6 nitrogen and oxygen atoms in total. The van der Waals surface area contributed by atoms with E-state index in [1.807, 2.05) is 23.1 Å². The molecule has 2 aliphatic rings. The molecule has 0 N–H and O–H groups in total. The largest absolute Gasteiger partial charge is 0.497 e. The van der Waals surface area contributed by atoms with Gasteiger partial charge in [0, 0.05) is 37.8 Å². The van der Waals surface area contributed by atoms with E-state index in [4.69, 9.17) is 9.47 Å². The molecule has 1 fully saturated rings. The van der Waals surface area contributed by atoms with Gasteiger partial charge in [0.2, 0.25) is 0 Å². The maximum Gasteiger partial charge on any atom is 0.416 e. The van der Waals surface area contributed by atoms with Gasteiger partial charge in [0.15, 0.2) is 5.75 Å². The van der Waals surface area contributed by atoms with E-state index in [0.29, 0.717) is 54.6 Å². The number of hydrogen-bond acceptors (Lipinski definition) is 5. The highest BCUT2D eigenvalue weighted by atomic mass is 19.4. The van der Waals surface area contributed by atoms with E-state index in [1.165, 1.54) is 13.2 Å². The van der Waals surface area contributed by atoms with Crippen LogP contribution in [0.2, 0.25) is 0 Å². The van der Waals surface area contributed by atoms with Gasteiger partial charge in [-0.2, -0.15) is 13.2 Å². The lowest BCUT2D eigenvalue weighted by Crippen LogP contribution is -2.50. The molecule has 180 valence electrons. The van der Waals surface area contributed by atoms with Crippen LogP contribution in [0.1, 0.15) is 21.5 Å². The lowest BCUT2D eigenvalue weighted by Gasteiger charge is -2.36. The molecule has 0 aromatic heterocycles. The number of alkyl halides is 3. The first kappa shape index (κ1) is 22.8. The molecule has 3 aromatic carbocycles. The summed E-state index contributed by atoms with van der Waals surface area (Å²) in [5, 5.41) is 0. The summed E-state index contributed by atoms with van der Waals surface area (Å²) in [6.07, 6.45) is -4.50. The highest BCUT2D eigenvalue weighted by Gasteiger charge is 2.33. The Balaban J connectivity index is 1.48. The summed E-state index contributed by atoms with van der Waals surface area (Å²) in [6, 6.07) is 17.5. The summed E-state index contributed by atoms with van der Waals surface area (Å²) in [6.45, 7) is 1.84. The third-order valence-electron chi connectivity index (χ3n) is 6.05. The van der Waals surface area contributed by atoms with Crippen molar-refractivity contribution in [1.29, 1.82) is 0 Å². The number of piperazine rings is 1. The van der Waals surface area contributed by atoms with Gasteiger partial charge in [0.1, 0.15) is 23.0 Å². The number of halogens is 3. The molecule has 2 heterocycles. The van der Waals surface area contributed by atoms with E-state index in [-0.39, 0.29) is 17.3 Å². The van der Waals surface area contributed by atoms with Gasteiger partial charge >= 0.3 is 6.18 Å². The predicted octanol–water partition coefficient (Wildman–Crippen LogP) is 5.36. The Hall–Kier alpha value is -4.01. The monoisotopic (exact) mass is 481 g/mol. The third-order valence-corrected chi connectivity index (χ3v) is 6.05. The number of hydrogen-bond donors (Lipinski definition) is 0. The van der Waals surface area contributed by atoms with Crippen LogP contribution in [0, 0.1) is 0 Å². The maximum absolute atomic E-state index is 13.4. The summed E-state index contributed by atoms with van der Waals surface area (Å²) in [7, 11) is 1.53. The lowest BCUT2D eigenvalue weighted by molar-refractivity contribution is -0.137. The molecule has 0 saturated carbocycles. The molecule has 9 heteroatoms. The van der Waals surface area contributed by atoms with Crippen molar-refractivity contribution < 1.29 is 27.4 Å². The number of amides is 1. The number of rotatable bonds is 2. The number of benzene rings is 3. The van der Waals surface area contributed by atoms with Crippen LogP contribution < -0.4 is 9.47 Å². The Morgan fingerprint density at radius 1 is 0.943 bits per heavy atom. The molecule has 1 saturated heterocycles. The molecule has 0 radical (unpaired) electrons. The van der Waals surface area contributed by atoms with Crippen LogP contribution in [-0.2, 0) is 6.18 Å². The molecule has 0 spiro atoms. The molecular formula is C26H22F3N3O3. The molecule has 0 bridgehead atoms. The summed E-state index contributed by atoms with van der Waals surface area (Å²) in [4.78, 5) is 21.2. The lowest BCUT2D eigenvalue weighted by atomic mass is 10.1. The molecule has 3 aromatic rings. The summed E-state index contributed by atoms with van der Waals surface area (Å²) < 4.78 is 51.4. The number of methoxy groups -OCH3 is 1. The second kappa shape index (κ2) is 8.98. The van der Waals surface area contributed by atoms with Crippen LogP contribution in [0.15, 0.2) is 71.7 Å². The van der Waals surface area contributed by atoms with E-state index in [9.17, 15) is 18.0 Å². The van der Waals surface area contributed by atoms with E-state index >= 15 is 0 Å². The van der Waals surface area contributed by atoms with Crippen molar-refractivity contribution in [2.45, 2.75) is 6.18 Å². The summed E-state index contributed by atoms with van der Waals surface area (Å²) in [5.74, 6) is 1.65. The van der Waals surface area contributed by atoms with Gasteiger partial charge in [-0.25, -0.2) is 4.99 Å². The first-order valence-electron chi connectivity index (χ1n) is 11.1. The van der Waals surface area contributed by atoms with Crippen LogP contribution in [0.25, 0.3) is 0 Å². The van der Waals surface area contributed by atoms with Gasteiger partial charge in [-0.3, -0.25) is 4.79 Å². The van der Waals surface area contributed by atoms with Crippen LogP contribution in [0.5, 0.6) is 17.2 Å². The number of ether oxygens (including phenoxy) is 2. The molecule has 5 rings (SSSR count). The molecule has 0 atom stereocenters. The fourth-order valence-electron chi connectivity index (χ4n) is 4.18. The second-order valence-corrected chi connectivity index (χ2v) is 8.23. The minimum atomic E-state index is -4.50. The molecule has 1 amide bonds. The van der Waals surface area contributed by atoms with Gasteiger partial charge in [0.25, 0.3) is 5.91 Å². The zero-order chi connectivity index (χ0) is 24.6. The first-order chi connectivity index (χ1) is 16.8. The number of nitrogens with zero attached hydrogens (tertiary/aromatic N) is 3. The Kier molecular flexibility index (Phi) is 5.84. The molecule has 35 heavy (non-hydrogen) atoms. The molecule has 2 aliphatic heterocycles. The molecular weight excluding hydrogens is 459 g/mol. The number of fused-ring (bicyclic) bond motifs is 2. The maximum atomic E-state index is 13.4. The van der Waals surface area contributed by atoms with Crippen LogP contribution in [0.4, 0.5) is 18.9 Å². The van der Waals surface area contributed by atoms with Gasteiger partial charge in [-0.05, 0) is 42.5 Å². The first-order valence-corrected chi connectivity index (χ1v) is 11.1. The zero-order valence-electron chi connectivity index (χ0n) is 18.9. The smallest absolute Gasteiger partial charge is 0.416 e. The summed E-state index contributed by atoms with van der Waals surface area (Å²) >= 11 is 0. The third kappa shape index (κ3) is 4.53. The normalized spacial score (nSPS) is 15.4. The topological polar surface area (TPSA) is 54.4 Å². The van der Waals surface area contributed by atoms with Crippen LogP contribution >= 0.6 is 0 Å². The van der Waals surface area contributed by atoms with Crippen molar-refractivity contribution in [3.05, 3.63) is 83.4 Å². The van der Waals surface area contributed by atoms with Crippen molar-refractivity contribution >= 4 is 17.4 Å². The van der Waals surface area contributed by atoms with Crippen molar-refractivity contribution in [2.24, 2.45) is 4.99 Å². The zero-order valence-corrected chi connectivity index (χ0v) is 18.9. The average molecular weight is 481 g/mol. The average Bonchev–Trinajstić information content (AvgIpc) is 3.04. The van der Waals surface area contributed by atoms with Crippen molar-refractivity contribution in [3.8, 4) is 17.2 Å². The second-order valence-electron chi connectivity index (χ2n) is 8.23. The van der Waals surface area contributed by atoms with Gasteiger partial charge in [-0.15, -0.1) is 0 Å². The van der Waals surface area contributed by atoms with Crippen LogP contribution in [-0.4, -0.2) is 54.8 Å². The Morgan fingerprint density at radius 3 is 2.37 bits per heavy atom. The number of carbonyl (C=O) groups is 1. The van der Waals surface area contributed by atoms with Crippen molar-refractivity contribution in [1.82, 2.24) is 9.80 Å². The Morgan fingerprint density at radius 2 is 1.69 bits per heavy atom. The van der Waals surface area contributed by atoms with Crippen molar-refractivity contribution in [3.63, 3.8) is 0 Å². The van der Waals surface area contributed by atoms with E-state index in [1.54, 1.807) is 35.2 Å². The van der Waals surface area contributed by atoms with Crippen LogP contribution in [0.3, 0.4) is 0 Å². The number of carbonyl (C=O) groups excluding carboxylic acids is 1. The SMILES string of the molecule is COc1ccc2c(c1)Oc1ccc(C(F)(F)F)cc1N=C2N1CCN(C(=O)c2ccccc2)CC1. The summed E-state index contributed by atoms with van der Waals surface area (Å²) in [5.41, 5.74) is 0.545. The van der Waals surface area contributed by atoms with Gasteiger partial charge in [0.05, 0.1) is 18.2 Å². The standard InChI is InChI=1S/C26H22F3N3O3/c1-34-19-8-9-20-23(16-19)35-22-10-7-18(26(27,28)29)15-21(22)30-24(20)31-11-13-32(14-12-31)25(33)17-5-3-2-4-6-17/h2-10,15-16H,11-14H2,1H3. The van der Waals surface area contributed by atoms with Crippen molar-refractivity contribution in [2.75, 3.05) is 33.3 Å². The molecule has 0 unspecified atom stereocenters. The Bertz CT molecular complexity index is 1280. The minimum absolute atomic E-state index is 0.0540. The quantitative estimate of drug-likeness (QED) is 0.495. The highest BCUT2D eigenvalue weighted by molar-refractivity contribution is 6.04. The minimum Gasteiger partial charge on any atom is -0.497 e. The van der Waals surface area contributed by atoms with Gasteiger partial charge < -0.3 is 19.3 Å². The fourth-order valence-corrected chi connectivity index (χ4v) is 4.18. The predicted molar refractivity (Wildman–Crippen MR) is 125 cm³/mol. The fraction of sp³-hybridized carbons (Fsp3) is 0.231. The van der Waals surface area contributed by atoms with E-state index in [2.05, 4.69) is 4.99 Å². The molecule has 0 aliphatic carbocycles. The van der Waals surface area contributed by atoms with E-state index < -0.39 is 11.7 Å². The number of amidine groups is 1. The van der Waals surface area contributed by atoms with E-state index in [0.717, 1.165) is 12.1 Å².